The van der Waals surface area contributed by atoms with E-state index in [1.807, 2.05) is 0 Å². The predicted octanol–water partition coefficient (Wildman–Crippen LogP) is 3.79. The molecule has 9 heteroatoms. The number of alkyl halides is 4. The molecule has 0 aromatic rings. The van der Waals surface area contributed by atoms with Crippen LogP contribution in [0.25, 0.3) is 0 Å². The molecule has 3 rings (SSSR count). The summed E-state index contributed by atoms with van der Waals surface area (Å²) >= 11 is 11.8. The number of ether oxygens (including phenoxy) is 1. The van der Waals surface area contributed by atoms with Crippen molar-refractivity contribution >= 4 is 35.0 Å². The van der Waals surface area contributed by atoms with E-state index in [1.54, 1.807) is 0 Å². The van der Waals surface area contributed by atoms with E-state index in [0.29, 0.717) is 51.4 Å². The third-order valence-electron chi connectivity index (χ3n) is 6.60. The molecule has 3 aliphatic rings. The monoisotopic (exact) mass is 468 g/mol. The van der Waals surface area contributed by atoms with Crippen LogP contribution in [0.2, 0.25) is 0 Å². The molecule has 3 aliphatic carbocycles. The second kappa shape index (κ2) is 11.3. The lowest BCUT2D eigenvalue weighted by Crippen LogP contribution is -2.46. The summed E-state index contributed by atoms with van der Waals surface area (Å²) < 4.78 is 32.9. The maximum absolute atomic E-state index is 13.8. The van der Waals surface area contributed by atoms with Crippen molar-refractivity contribution in [2.75, 3.05) is 6.61 Å². The molecule has 0 saturated heterocycles. The van der Waals surface area contributed by atoms with E-state index in [4.69, 9.17) is 27.9 Å². The fourth-order valence-electron chi connectivity index (χ4n) is 4.69. The Labute approximate surface area is 186 Å². The van der Waals surface area contributed by atoms with E-state index >= 15 is 0 Å². The molecule has 0 aliphatic heterocycles. The van der Waals surface area contributed by atoms with Gasteiger partial charge in [0.1, 0.15) is 19.0 Å². The van der Waals surface area contributed by atoms with Crippen LogP contribution in [0.5, 0.6) is 0 Å². The molecule has 2 amide bonds. The standard InChI is InChI=1S/C21H32Cl2F2N2O3/c22-16-7-5-14(9-18(16)24)27-21(29)12-1-3-13(4-2-12)26-20(28)11-30-15-6-8-17(23)19(25)10-15/h12-19H,1-11H2,(H,26,28)(H,27,29). The smallest absolute Gasteiger partial charge is 0.246 e. The molecule has 0 heterocycles. The van der Waals surface area contributed by atoms with Gasteiger partial charge in [-0.05, 0) is 51.4 Å². The largest absolute Gasteiger partial charge is 0.368 e. The van der Waals surface area contributed by atoms with Crippen molar-refractivity contribution in [2.24, 2.45) is 5.92 Å². The zero-order valence-corrected chi connectivity index (χ0v) is 18.6. The molecular formula is C21H32Cl2F2N2O3. The molecule has 0 aromatic carbocycles. The number of rotatable bonds is 6. The van der Waals surface area contributed by atoms with E-state index in [-0.39, 0.29) is 55.4 Å². The minimum absolute atomic E-state index is 0.0135. The lowest BCUT2D eigenvalue weighted by Gasteiger charge is -2.32. The van der Waals surface area contributed by atoms with Crippen LogP contribution in [0.15, 0.2) is 0 Å². The van der Waals surface area contributed by atoms with Crippen molar-refractivity contribution in [3.05, 3.63) is 0 Å². The first-order valence-corrected chi connectivity index (χ1v) is 12.0. The highest BCUT2D eigenvalue weighted by atomic mass is 35.5. The summed E-state index contributed by atoms with van der Waals surface area (Å²) in [4.78, 5) is 24.7. The Morgan fingerprint density at radius 2 is 1.40 bits per heavy atom. The van der Waals surface area contributed by atoms with Gasteiger partial charge in [0.2, 0.25) is 11.8 Å². The Balaban J connectivity index is 1.31. The molecule has 0 aromatic heterocycles. The Kier molecular flexibility index (Phi) is 9.02. The summed E-state index contributed by atoms with van der Waals surface area (Å²) in [6.07, 6.45) is 3.40. The first kappa shape index (κ1) is 24.0. The zero-order valence-electron chi connectivity index (χ0n) is 17.1. The Hall–Kier alpha value is -0.660. The summed E-state index contributed by atoms with van der Waals surface area (Å²) in [5, 5.41) is 5.02. The first-order valence-electron chi connectivity index (χ1n) is 11.1. The van der Waals surface area contributed by atoms with Crippen molar-refractivity contribution in [1.82, 2.24) is 10.6 Å². The van der Waals surface area contributed by atoms with Crippen LogP contribution in [0, 0.1) is 5.92 Å². The molecule has 2 N–H and O–H groups in total. The molecule has 0 spiro atoms. The summed E-state index contributed by atoms with van der Waals surface area (Å²) in [5.74, 6) is -0.337. The van der Waals surface area contributed by atoms with E-state index in [2.05, 4.69) is 10.6 Å². The molecule has 6 atom stereocenters. The van der Waals surface area contributed by atoms with Crippen molar-refractivity contribution < 1.29 is 23.1 Å². The third-order valence-corrected chi connectivity index (χ3v) is 7.58. The highest BCUT2D eigenvalue weighted by Gasteiger charge is 2.33. The van der Waals surface area contributed by atoms with Crippen LogP contribution in [0.3, 0.4) is 0 Å². The van der Waals surface area contributed by atoms with Gasteiger partial charge < -0.3 is 15.4 Å². The van der Waals surface area contributed by atoms with E-state index in [1.165, 1.54) is 0 Å². The number of hydrogen-bond donors (Lipinski definition) is 2. The molecule has 0 radical (unpaired) electrons. The predicted molar refractivity (Wildman–Crippen MR) is 112 cm³/mol. The fourth-order valence-corrected chi connectivity index (χ4v) is 5.14. The molecule has 0 bridgehead atoms. The van der Waals surface area contributed by atoms with Crippen molar-refractivity contribution in [3.63, 3.8) is 0 Å². The number of nitrogens with one attached hydrogen (secondary N) is 2. The van der Waals surface area contributed by atoms with E-state index in [9.17, 15) is 18.4 Å². The average Bonchev–Trinajstić information content (AvgIpc) is 2.72. The van der Waals surface area contributed by atoms with E-state index in [0.717, 1.165) is 0 Å². The number of carbonyl (C=O) groups excluding carboxylic acids is 2. The van der Waals surface area contributed by atoms with Gasteiger partial charge >= 0.3 is 0 Å². The quantitative estimate of drug-likeness (QED) is 0.582. The number of halogens is 4. The summed E-state index contributed by atoms with van der Waals surface area (Å²) in [7, 11) is 0. The minimum atomic E-state index is -1.09. The Morgan fingerprint density at radius 1 is 0.800 bits per heavy atom. The van der Waals surface area contributed by atoms with Gasteiger partial charge in [-0.15, -0.1) is 23.2 Å². The highest BCUT2D eigenvalue weighted by Crippen LogP contribution is 2.29. The molecule has 3 saturated carbocycles. The molecular weight excluding hydrogens is 437 g/mol. The van der Waals surface area contributed by atoms with Crippen LogP contribution < -0.4 is 10.6 Å². The van der Waals surface area contributed by atoms with Gasteiger partial charge in [-0.2, -0.15) is 0 Å². The molecule has 3 fully saturated rings. The molecule has 6 unspecified atom stereocenters. The molecule has 172 valence electrons. The number of hydrogen-bond acceptors (Lipinski definition) is 3. The van der Waals surface area contributed by atoms with E-state index < -0.39 is 23.1 Å². The SMILES string of the molecule is O=C(COC1CCC(Cl)C(F)C1)NC1CCC(C(=O)NC2CCC(Cl)C(F)C2)CC1. The third kappa shape index (κ3) is 6.92. The van der Waals surface area contributed by atoms with Crippen LogP contribution >= 0.6 is 23.2 Å². The van der Waals surface area contributed by atoms with Crippen LogP contribution in [-0.4, -0.2) is 59.7 Å². The normalized spacial score (nSPS) is 39.9. The second-order valence-electron chi connectivity index (χ2n) is 8.94. The summed E-state index contributed by atoms with van der Waals surface area (Å²) in [6, 6.07) is -0.130. The van der Waals surface area contributed by atoms with Crippen molar-refractivity contribution in [1.29, 1.82) is 0 Å². The first-order chi connectivity index (χ1) is 14.3. The minimum Gasteiger partial charge on any atom is -0.368 e. The van der Waals surface area contributed by atoms with Crippen molar-refractivity contribution in [3.8, 4) is 0 Å². The number of carbonyl (C=O) groups is 2. The number of amides is 2. The lowest BCUT2D eigenvalue weighted by atomic mass is 9.84. The van der Waals surface area contributed by atoms with Gasteiger partial charge in [-0.25, -0.2) is 8.78 Å². The van der Waals surface area contributed by atoms with Crippen LogP contribution in [-0.2, 0) is 14.3 Å². The zero-order chi connectivity index (χ0) is 21.7. The Bertz CT molecular complexity index is 593. The fraction of sp³-hybridized carbons (Fsp3) is 0.905. The summed E-state index contributed by atoms with van der Waals surface area (Å²) in [6.45, 7) is -0.0849. The van der Waals surface area contributed by atoms with Gasteiger partial charge in [0.15, 0.2) is 0 Å². The van der Waals surface area contributed by atoms with Crippen molar-refractivity contribution in [2.45, 2.75) is 105 Å². The maximum atomic E-state index is 13.8. The lowest BCUT2D eigenvalue weighted by molar-refractivity contribution is -0.130. The Morgan fingerprint density at radius 3 is 2.03 bits per heavy atom. The molecule has 5 nitrogen and oxygen atoms in total. The molecule has 30 heavy (non-hydrogen) atoms. The topological polar surface area (TPSA) is 67.4 Å². The van der Waals surface area contributed by atoms with Crippen LogP contribution in [0.4, 0.5) is 8.78 Å². The van der Waals surface area contributed by atoms with Gasteiger partial charge in [0.25, 0.3) is 0 Å². The van der Waals surface area contributed by atoms with Gasteiger partial charge in [-0.3, -0.25) is 9.59 Å². The van der Waals surface area contributed by atoms with Gasteiger partial charge in [-0.1, -0.05) is 0 Å². The maximum Gasteiger partial charge on any atom is 0.246 e. The second-order valence-corrected chi connectivity index (χ2v) is 10.1. The highest BCUT2D eigenvalue weighted by molar-refractivity contribution is 6.21. The summed E-state index contributed by atoms with van der Waals surface area (Å²) in [5.41, 5.74) is 0. The van der Waals surface area contributed by atoms with Crippen LogP contribution in [0.1, 0.15) is 64.2 Å². The van der Waals surface area contributed by atoms with Gasteiger partial charge in [0, 0.05) is 30.8 Å². The average molecular weight is 469 g/mol. The van der Waals surface area contributed by atoms with Gasteiger partial charge in [0.05, 0.1) is 16.9 Å².